The van der Waals surface area contributed by atoms with Gasteiger partial charge in [-0.1, -0.05) is 12.1 Å². The van der Waals surface area contributed by atoms with Crippen molar-refractivity contribution in [2.45, 2.75) is 13.0 Å². The van der Waals surface area contributed by atoms with E-state index in [9.17, 15) is 4.79 Å². The SMILES string of the molecule is COc1cccc(-c2ccc(C#N)c(=O)n2CCC#N)c1. The molecule has 0 atom stereocenters. The van der Waals surface area contributed by atoms with Gasteiger partial charge in [-0.15, -0.1) is 0 Å². The van der Waals surface area contributed by atoms with Gasteiger partial charge in [-0.05, 0) is 24.3 Å². The Labute approximate surface area is 122 Å². The summed E-state index contributed by atoms with van der Waals surface area (Å²) in [5.41, 5.74) is 1.15. The van der Waals surface area contributed by atoms with E-state index in [0.29, 0.717) is 11.4 Å². The van der Waals surface area contributed by atoms with Crippen LogP contribution in [0, 0.1) is 22.7 Å². The molecular weight excluding hydrogens is 266 g/mol. The highest BCUT2D eigenvalue weighted by Crippen LogP contribution is 2.23. The predicted octanol–water partition coefficient (Wildman–Crippen LogP) is 2.31. The van der Waals surface area contributed by atoms with Gasteiger partial charge in [0.25, 0.3) is 5.56 Å². The summed E-state index contributed by atoms with van der Waals surface area (Å²) in [6, 6.07) is 14.4. The molecule has 1 heterocycles. The van der Waals surface area contributed by atoms with E-state index in [1.807, 2.05) is 36.4 Å². The number of methoxy groups -OCH3 is 1. The second-order valence-corrected chi connectivity index (χ2v) is 4.34. The second kappa shape index (κ2) is 6.40. The van der Waals surface area contributed by atoms with Crippen molar-refractivity contribution in [1.82, 2.24) is 4.57 Å². The maximum atomic E-state index is 12.3. The first-order chi connectivity index (χ1) is 10.2. The van der Waals surface area contributed by atoms with Gasteiger partial charge < -0.3 is 9.30 Å². The van der Waals surface area contributed by atoms with Gasteiger partial charge in [0.15, 0.2) is 0 Å². The number of hydrogen-bond acceptors (Lipinski definition) is 4. The average Bonchev–Trinajstić information content (AvgIpc) is 2.53. The molecule has 5 nitrogen and oxygen atoms in total. The molecular formula is C16H13N3O2. The third-order valence-electron chi connectivity index (χ3n) is 3.11. The number of rotatable bonds is 4. The molecule has 0 aliphatic carbocycles. The molecule has 21 heavy (non-hydrogen) atoms. The molecule has 0 radical (unpaired) electrons. The van der Waals surface area contributed by atoms with Gasteiger partial charge in [0.2, 0.25) is 0 Å². The van der Waals surface area contributed by atoms with Crippen LogP contribution >= 0.6 is 0 Å². The van der Waals surface area contributed by atoms with Crippen LogP contribution in [0.15, 0.2) is 41.2 Å². The molecule has 1 aromatic carbocycles. The average molecular weight is 279 g/mol. The van der Waals surface area contributed by atoms with Crippen molar-refractivity contribution in [1.29, 1.82) is 10.5 Å². The molecule has 0 amide bonds. The maximum Gasteiger partial charge on any atom is 0.268 e. The van der Waals surface area contributed by atoms with E-state index >= 15 is 0 Å². The highest BCUT2D eigenvalue weighted by atomic mass is 16.5. The number of ether oxygens (including phenoxy) is 1. The molecule has 5 heteroatoms. The lowest BCUT2D eigenvalue weighted by Gasteiger charge is -2.12. The summed E-state index contributed by atoms with van der Waals surface area (Å²) in [5, 5.41) is 17.7. The Bertz CT molecular complexity index is 794. The Morgan fingerprint density at radius 2 is 2.05 bits per heavy atom. The zero-order chi connectivity index (χ0) is 15.2. The van der Waals surface area contributed by atoms with E-state index in [0.717, 1.165) is 5.56 Å². The molecule has 1 aromatic heterocycles. The van der Waals surface area contributed by atoms with Crippen LogP contribution in [0.4, 0.5) is 0 Å². The van der Waals surface area contributed by atoms with Crippen LogP contribution in [0.25, 0.3) is 11.3 Å². The van der Waals surface area contributed by atoms with Crippen LogP contribution in [0.1, 0.15) is 12.0 Å². The smallest absolute Gasteiger partial charge is 0.268 e. The van der Waals surface area contributed by atoms with Crippen molar-refractivity contribution in [2.24, 2.45) is 0 Å². The van der Waals surface area contributed by atoms with E-state index < -0.39 is 0 Å². The van der Waals surface area contributed by atoms with Crippen molar-refractivity contribution in [3.63, 3.8) is 0 Å². The molecule has 104 valence electrons. The topological polar surface area (TPSA) is 78.8 Å². The molecule has 0 saturated heterocycles. The van der Waals surface area contributed by atoms with Crippen LogP contribution in [-0.4, -0.2) is 11.7 Å². The minimum Gasteiger partial charge on any atom is -0.497 e. The number of nitrogens with zero attached hydrogens (tertiary/aromatic N) is 3. The first-order valence-corrected chi connectivity index (χ1v) is 6.36. The van der Waals surface area contributed by atoms with Gasteiger partial charge in [0.05, 0.1) is 25.3 Å². The molecule has 2 rings (SSSR count). The normalized spacial score (nSPS) is 9.67. The van der Waals surface area contributed by atoms with Crippen LogP contribution in [0.3, 0.4) is 0 Å². The van der Waals surface area contributed by atoms with Crippen molar-refractivity contribution in [3.05, 3.63) is 52.3 Å². The monoisotopic (exact) mass is 279 g/mol. The number of pyridine rings is 1. The Kier molecular flexibility index (Phi) is 4.38. The van der Waals surface area contributed by atoms with Crippen molar-refractivity contribution in [2.75, 3.05) is 7.11 Å². The van der Waals surface area contributed by atoms with E-state index in [4.69, 9.17) is 15.3 Å². The van der Waals surface area contributed by atoms with Crippen LogP contribution in [0.2, 0.25) is 0 Å². The standard InChI is InChI=1S/C16H13N3O2/c1-21-14-5-2-4-12(10-14)15-7-6-13(11-18)16(20)19(15)9-3-8-17/h2,4-7,10H,3,9H2,1H3. The number of benzene rings is 1. The Morgan fingerprint density at radius 1 is 1.24 bits per heavy atom. The van der Waals surface area contributed by atoms with Gasteiger partial charge in [0.1, 0.15) is 17.4 Å². The zero-order valence-electron chi connectivity index (χ0n) is 11.5. The molecule has 0 aliphatic heterocycles. The summed E-state index contributed by atoms with van der Waals surface area (Å²) < 4.78 is 6.64. The lowest BCUT2D eigenvalue weighted by atomic mass is 10.1. The highest BCUT2D eigenvalue weighted by Gasteiger charge is 2.10. The van der Waals surface area contributed by atoms with E-state index in [-0.39, 0.29) is 24.1 Å². The van der Waals surface area contributed by atoms with Crippen LogP contribution in [-0.2, 0) is 6.54 Å². The largest absolute Gasteiger partial charge is 0.497 e. The Hall–Kier alpha value is -3.05. The predicted molar refractivity (Wildman–Crippen MR) is 77.6 cm³/mol. The van der Waals surface area contributed by atoms with Gasteiger partial charge in [0, 0.05) is 12.1 Å². The van der Waals surface area contributed by atoms with Crippen molar-refractivity contribution < 1.29 is 4.74 Å². The van der Waals surface area contributed by atoms with Gasteiger partial charge >= 0.3 is 0 Å². The molecule has 0 bridgehead atoms. The molecule has 2 aromatic rings. The molecule has 0 N–H and O–H groups in total. The number of hydrogen-bond donors (Lipinski definition) is 0. The zero-order valence-corrected chi connectivity index (χ0v) is 11.5. The summed E-state index contributed by atoms with van der Waals surface area (Å²) in [5.74, 6) is 0.677. The lowest BCUT2D eigenvalue weighted by molar-refractivity contribution is 0.415. The second-order valence-electron chi connectivity index (χ2n) is 4.34. The fourth-order valence-electron chi connectivity index (χ4n) is 2.08. The van der Waals surface area contributed by atoms with E-state index in [2.05, 4.69) is 0 Å². The number of aromatic nitrogens is 1. The van der Waals surface area contributed by atoms with Crippen LogP contribution < -0.4 is 10.3 Å². The third kappa shape index (κ3) is 2.93. The summed E-state index contributed by atoms with van der Waals surface area (Å²) in [6.07, 6.45) is 0.200. The summed E-state index contributed by atoms with van der Waals surface area (Å²) in [4.78, 5) is 12.3. The molecule has 0 saturated carbocycles. The molecule has 0 fully saturated rings. The van der Waals surface area contributed by atoms with Gasteiger partial charge in [-0.3, -0.25) is 4.79 Å². The minimum absolute atomic E-state index is 0.0691. The molecule has 0 unspecified atom stereocenters. The van der Waals surface area contributed by atoms with Crippen LogP contribution in [0.5, 0.6) is 5.75 Å². The minimum atomic E-state index is -0.381. The van der Waals surface area contributed by atoms with Gasteiger partial charge in [-0.2, -0.15) is 10.5 Å². The van der Waals surface area contributed by atoms with Crippen molar-refractivity contribution in [3.8, 4) is 29.1 Å². The third-order valence-corrected chi connectivity index (χ3v) is 3.11. The molecule has 0 spiro atoms. The highest BCUT2D eigenvalue weighted by molar-refractivity contribution is 5.62. The summed E-state index contributed by atoms with van der Waals surface area (Å²) in [6.45, 7) is 0.247. The fraction of sp³-hybridized carbons (Fsp3) is 0.188. The van der Waals surface area contributed by atoms with Gasteiger partial charge in [-0.25, -0.2) is 0 Å². The summed E-state index contributed by atoms with van der Waals surface area (Å²) >= 11 is 0. The lowest BCUT2D eigenvalue weighted by Crippen LogP contribution is -2.24. The van der Waals surface area contributed by atoms with E-state index in [1.54, 1.807) is 13.2 Å². The van der Waals surface area contributed by atoms with Crippen molar-refractivity contribution >= 4 is 0 Å². The Morgan fingerprint density at radius 3 is 2.71 bits per heavy atom. The maximum absolute atomic E-state index is 12.3. The fourth-order valence-corrected chi connectivity index (χ4v) is 2.08. The quantitative estimate of drug-likeness (QED) is 0.860. The number of nitriles is 2. The first-order valence-electron chi connectivity index (χ1n) is 6.36. The van der Waals surface area contributed by atoms with E-state index in [1.165, 1.54) is 10.6 Å². The first kappa shape index (κ1) is 14.4. The molecule has 0 aliphatic rings. The Balaban J connectivity index is 2.62. The summed E-state index contributed by atoms with van der Waals surface area (Å²) in [7, 11) is 1.57.